The molecule has 2 rings (SSSR count). The first-order chi connectivity index (χ1) is 12.6. The predicted octanol–water partition coefficient (Wildman–Crippen LogP) is 5.44. The van der Waals surface area contributed by atoms with Crippen molar-refractivity contribution in [2.24, 2.45) is 5.41 Å². The van der Waals surface area contributed by atoms with Crippen LogP contribution in [0.15, 0.2) is 48.2 Å². The van der Waals surface area contributed by atoms with E-state index in [1.165, 1.54) is 6.08 Å². The average molecular weight is 405 g/mol. The van der Waals surface area contributed by atoms with Gasteiger partial charge in [0, 0.05) is 26.7 Å². The molecule has 0 radical (unpaired) electrons. The van der Waals surface area contributed by atoms with Gasteiger partial charge in [-0.25, -0.2) is 0 Å². The van der Waals surface area contributed by atoms with Crippen molar-refractivity contribution in [1.82, 2.24) is 5.32 Å². The van der Waals surface area contributed by atoms with Crippen molar-refractivity contribution in [3.8, 4) is 0 Å². The number of para-hydroxylation sites is 1. The number of hydrogen-bond acceptors (Lipinski definition) is 2. The SMILES string of the molecule is Cc1ccccc1NC(=O)/C(=C\c1c(Cl)cccc1Cl)NC(=O)C(C)(C)C. The maximum absolute atomic E-state index is 12.9. The van der Waals surface area contributed by atoms with E-state index in [9.17, 15) is 9.59 Å². The van der Waals surface area contributed by atoms with Crippen LogP contribution in [0, 0.1) is 12.3 Å². The molecule has 4 nitrogen and oxygen atoms in total. The molecule has 2 aromatic rings. The highest BCUT2D eigenvalue weighted by Gasteiger charge is 2.24. The summed E-state index contributed by atoms with van der Waals surface area (Å²) in [5.41, 5.74) is 1.41. The second-order valence-electron chi connectivity index (χ2n) is 7.17. The normalized spacial score (nSPS) is 11.9. The van der Waals surface area contributed by atoms with Gasteiger partial charge < -0.3 is 10.6 Å². The van der Waals surface area contributed by atoms with Crippen LogP contribution < -0.4 is 10.6 Å². The Balaban J connectivity index is 2.43. The molecule has 0 aliphatic rings. The molecule has 0 bridgehead atoms. The molecule has 0 heterocycles. The Morgan fingerprint density at radius 1 is 0.963 bits per heavy atom. The molecule has 2 N–H and O–H groups in total. The minimum Gasteiger partial charge on any atom is -0.321 e. The van der Waals surface area contributed by atoms with E-state index in [2.05, 4.69) is 10.6 Å². The molecule has 0 aliphatic carbocycles. The van der Waals surface area contributed by atoms with E-state index < -0.39 is 11.3 Å². The summed E-state index contributed by atoms with van der Waals surface area (Å²) < 4.78 is 0. The summed E-state index contributed by atoms with van der Waals surface area (Å²) in [4.78, 5) is 25.3. The topological polar surface area (TPSA) is 58.2 Å². The summed E-state index contributed by atoms with van der Waals surface area (Å²) in [6.45, 7) is 7.18. The summed E-state index contributed by atoms with van der Waals surface area (Å²) in [7, 11) is 0. The van der Waals surface area contributed by atoms with Gasteiger partial charge in [0.25, 0.3) is 5.91 Å². The molecule has 0 saturated carbocycles. The van der Waals surface area contributed by atoms with Crippen molar-refractivity contribution in [3.05, 3.63) is 69.3 Å². The summed E-state index contributed by atoms with van der Waals surface area (Å²) in [5.74, 6) is -0.755. The first-order valence-electron chi connectivity index (χ1n) is 8.43. The van der Waals surface area contributed by atoms with E-state index in [0.29, 0.717) is 21.3 Å². The fourth-order valence-corrected chi connectivity index (χ4v) is 2.67. The van der Waals surface area contributed by atoms with Gasteiger partial charge in [-0.15, -0.1) is 0 Å². The van der Waals surface area contributed by atoms with Gasteiger partial charge in [0.05, 0.1) is 0 Å². The summed E-state index contributed by atoms with van der Waals surface area (Å²) in [5, 5.41) is 6.28. The molecular formula is C21H22Cl2N2O2. The number of rotatable bonds is 4. The van der Waals surface area contributed by atoms with E-state index >= 15 is 0 Å². The molecule has 0 fully saturated rings. The maximum atomic E-state index is 12.9. The molecule has 0 aliphatic heterocycles. The Hall–Kier alpha value is -2.30. The van der Waals surface area contributed by atoms with Gasteiger partial charge in [0.1, 0.15) is 5.70 Å². The largest absolute Gasteiger partial charge is 0.321 e. The lowest BCUT2D eigenvalue weighted by Crippen LogP contribution is -2.38. The van der Waals surface area contributed by atoms with Crippen molar-refractivity contribution in [2.75, 3.05) is 5.32 Å². The molecule has 0 aromatic heterocycles. The van der Waals surface area contributed by atoms with Crippen LogP contribution in [-0.2, 0) is 9.59 Å². The van der Waals surface area contributed by atoms with Crippen molar-refractivity contribution in [2.45, 2.75) is 27.7 Å². The quantitative estimate of drug-likeness (QED) is 0.666. The van der Waals surface area contributed by atoms with Gasteiger partial charge in [-0.2, -0.15) is 0 Å². The third-order valence-corrected chi connectivity index (χ3v) is 4.51. The van der Waals surface area contributed by atoms with Crippen molar-refractivity contribution in [3.63, 3.8) is 0 Å². The molecule has 142 valence electrons. The molecule has 2 aromatic carbocycles. The van der Waals surface area contributed by atoms with Crippen LogP contribution in [0.2, 0.25) is 10.0 Å². The van der Waals surface area contributed by atoms with Gasteiger partial charge in [0.15, 0.2) is 0 Å². The molecule has 0 spiro atoms. The average Bonchev–Trinajstić information content (AvgIpc) is 2.58. The van der Waals surface area contributed by atoms with Crippen molar-refractivity contribution in [1.29, 1.82) is 0 Å². The first-order valence-corrected chi connectivity index (χ1v) is 9.19. The van der Waals surface area contributed by atoms with E-state index in [1.54, 1.807) is 45.0 Å². The van der Waals surface area contributed by atoms with Crippen LogP contribution in [0.3, 0.4) is 0 Å². The number of nitrogens with one attached hydrogen (secondary N) is 2. The molecule has 27 heavy (non-hydrogen) atoms. The number of benzene rings is 2. The molecular weight excluding hydrogens is 383 g/mol. The zero-order chi connectivity index (χ0) is 20.2. The predicted molar refractivity (Wildman–Crippen MR) is 112 cm³/mol. The highest BCUT2D eigenvalue weighted by Crippen LogP contribution is 2.27. The fourth-order valence-electron chi connectivity index (χ4n) is 2.16. The molecule has 0 unspecified atom stereocenters. The number of anilines is 1. The number of carbonyl (C=O) groups excluding carboxylic acids is 2. The lowest BCUT2D eigenvalue weighted by Gasteiger charge is -2.20. The minimum absolute atomic E-state index is 0.0631. The van der Waals surface area contributed by atoms with E-state index in [1.807, 2.05) is 25.1 Å². The third-order valence-electron chi connectivity index (χ3n) is 3.86. The van der Waals surface area contributed by atoms with E-state index in [-0.39, 0.29) is 11.6 Å². The highest BCUT2D eigenvalue weighted by molar-refractivity contribution is 6.37. The first kappa shape index (κ1) is 21.0. The van der Waals surface area contributed by atoms with Gasteiger partial charge in [-0.05, 0) is 36.8 Å². The minimum atomic E-state index is -0.674. The lowest BCUT2D eigenvalue weighted by atomic mass is 9.95. The van der Waals surface area contributed by atoms with Crippen LogP contribution in [0.25, 0.3) is 6.08 Å². The molecule has 0 atom stereocenters. The second kappa shape index (κ2) is 8.59. The number of amides is 2. The second-order valence-corrected chi connectivity index (χ2v) is 7.98. The van der Waals surface area contributed by atoms with Gasteiger partial charge in [-0.1, -0.05) is 68.2 Å². The Labute approximate surface area is 169 Å². The Bertz CT molecular complexity index is 879. The van der Waals surface area contributed by atoms with Gasteiger partial charge in [-0.3, -0.25) is 9.59 Å². The highest BCUT2D eigenvalue weighted by atomic mass is 35.5. The van der Waals surface area contributed by atoms with Gasteiger partial charge in [0.2, 0.25) is 5.91 Å². The molecule has 2 amide bonds. The standard InChI is InChI=1S/C21H22Cl2N2O2/c1-13-8-5-6-11-17(13)24-19(26)18(25-20(27)21(2,3)4)12-14-15(22)9-7-10-16(14)23/h5-12H,1-4H3,(H,24,26)(H,25,27)/b18-12+. The van der Waals surface area contributed by atoms with Gasteiger partial charge >= 0.3 is 0 Å². The summed E-state index contributed by atoms with van der Waals surface area (Å²) >= 11 is 12.4. The van der Waals surface area contributed by atoms with Crippen molar-refractivity contribution < 1.29 is 9.59 Å². The van der Waals surface area contributed by atoms with Crippen LogP contribution in [-0.4, -0.2) is 11.8 Å². The van der Waals surface area contributed by atoms with Crippen LogP contribution in [0.1, 0.15) is 31.9 Å². The molecule has 0 saturated heterocycles. The van der Waals surface area contributed by atoms with Crippen LogP contribution >= 0.6 is 23.2 Å². The Kier molecular flexibility index (Phi) is 6.68. The number of hydrogen-bond donors (Lipinski definition) is 2. The van der Waals surface area contributed by atoms with E-state index in [4.69, 9.17) is 23.2 Å². The Morgan fingerprint density at radius 3 is 2.11 bits per heavy atom. The van der Waals surface area contributed by atoms with E-state index in [0.717, 1.165) is 5.56 Å². The zero-order valence-electron chi connectivity index (χ0n) is 15.7. The Morgan fingerprint density at radius 2 is 1.56 bits per heavy atom. The number of carbonyl (C=O) groups is 2. The van der Waals surface area contributed by atoms with Crippen LogP contribution in [0.4, 0.5) is 5.69 Å². The lowest BCUT2D eigenvalue weighted by molar-refractivity contribution is -0.128. The maximum Gasteiger partial charge on any atom is 0.272 e. The monoisotopic (exact) mass is 404 g/mol. The fraction of sp³-hybridized carbons (Fsp3) is 0.238. The van der Waals surface area contributed by atoms with Crippen LogP contribution in [0.5, 0.6) is 0 Å². The zero-order valence-corrected chi connectivity index (χ0v) is 17.2. The summed E-state index contributed by atoms with van der Waals surface area (Å²) in [6, 6.07) is 12.4. The third kappa shape index (κ3) is 5.59. The molecule has 6 heteroatoms. The number of halogens is 2. The number of aryl methyl sites for hydroxylation is 1. The summed E-state index contributed by atoms with van der Waals surface area (Å²) in [6.07, 6.45) is 1.49. The smallest absolute Gasteiger partial charge is 0.272 e. The van der Waals surface area contributed by atoms with Crippen molar-refractivity contribution >= 4 is 46.8 Å².